The molecule has 6 nitrogen and oxygen atoms in total. The number of aryl methyl sites for hydroxylation is 2. The summed E-state index contributed by atoms with van der Waals surface area (Å²) in [6.45, 7) is 2.75. The van der Waals surface area contributed by atoms with E-state index in [2.05, 4.69) is 26.3 Å². The molecule has 1 fully saturated rings. The van der Waals surface area contributed by atoms with E-state index in [0.717, 1.165) is 60.9 Å². The number of fused-ring (bicyclic) bond motifs is 1. The summed E-state index contributed by atoms with van der Waals surface area (Å²) in [5.74, 6) is 0.687. The molecule has 30 heavy (non-hydrogen) atoms. The van der Waals surface area contributed by atoms with Crippen LogP contribution in [0.1, 0.15) is 46.8 Å². The second-order valence-electron chi connectivity index (χ2n) is 7.90. The van der Waals surface area contributed by atoms with E-state index in [1.54, 1.807) is 18.3 Å². The molecule has 1 amide bonds. The van der Waals surface area contributed by atoms with Crippen LogP contribution in [0.15, 0.2) is 48.7 Å². The Hall–Kier alpha value is -3.35. The van der Waals surface area contributed by atoms with Gasteiger partial charge in [0.2, 0.25) is 0 Å². The highest BCUT2D eigenvalue weighted by Gasteiger charge is 2.47. The minimum atomic E-state index is -0.514. The van der Waals surface area contributed by atoms with Crippen LogP contribution in [0, 0.1) is 12.7 Å². The Balaban J connectivity index is 1.43. The Bertz CT molecular complexity index is 1130. The molecule has 1 saturated carbocycles. The van der Waals surface area contributed by atoms with Crippen molar-refractivity contribution in [3.05, 3.63) is 77.3 Å². The van der Waals surface area contributed by atoms with Gasteiger partial charge in [-0.25, -0.2) is 14.4 Å². The monoisotopic (exact) mass is 403 g/mol. The van der Waals surface area contributed by atoms with Crippen molar-refractivity contribution in [1.29, 1.82) is 0 Å². The number of carbonyl (C=O) groups is 1. The lowest BCUT2D eigenvalue weighted by atomic mass is 10.0. The summed E-state index contributed by atoms with van der Waals surface area (Å²) in [4.78, 5) is 28.5. The number of amides is 1. The normalized spacial score (nSPS) is 16.7. The molecular weight excluding hydrogens is 381 g/mol. The van der Waals surface area contributed by atoms with Gasteiger partial charge in [0.1, 0.15) is 17.5 Å². The standard InChI is InChI=1S/C23H22FN5O/c1-15-25-13-10-21(26-15)29-14-4-7-18-19(29)8-9-20(27-18)23(11-12-23)28-22(30)16-5-2-3-6-17(16)24/h2-3,5-6,8-10,13H,4,7,11-12,14H2,1H3,(H,28,30). The number of hydrogen-bond acceptors (Lipinski definition) is 5. The summed E-state index contributed by atoms with van der Waals surface area (Å²) in [5, 5.41) is 3.02. The van der Waals surface area contributed by atoms with Gasteiger partial charge in [-0.2, -0.15) is 0 Å². The van der Waals surface area contributed by atoms with Gasteiger partial charge in [0.15, 0.2) is 0 Å². The van der Waals surface area contributed by atoms with Gasteiger partial charge >= 0.3 is 0 Å². The van der Waals surface area contributed by atoms with E-state index in [1.165, 1.54) is 12.1 Å². The highest BCUT2D eigenvalue weighted by Crippen LogP contribution is 2.46. The van der Waals surface area contributed by atoms with Gasteiger partial charge in [-0.3, -0.25) is 9.78 Å². The van der Waals surface area contributed by atoms with E-state index in [0.29, 0.717) is 0 Å². The summed E-state index contributed by atoms with van der Waals surface area (Å²) in [7, 11) is 0. The molecule has 3 heterocycles. The summed E-state index contributed by atoms with van der Waals surface area (Å²) >= 11 is 0. The topological polar surface area (TPSA) is 71.0 Å². The highest BCUT2D eigenvalue weighted by molar-refractivity contribution is 5.95. The molecule has 2 aliphatic rings. The van der Waals surface area contributed by atoms with Crippen LogP contribution in [0.5, 0.6) is 0 Å². The number of carbonyl (C=O) groups excluding carboxylic acids is 1. The van der Waals surface area contributed by atoms with Crippen molar-refractivity contribution in [2.75, 3.05) is 11.4 Å². The Morgan fingerprint density at radius 1 is 1.13 bits per heavy atom. The Morgan fingerprint density at radius 3 is 2.73 bits per heavy atom. The number of nitrogens with one attached hydrogen (secondary N) is 1. The fourth-order valence-electron chi connectivity index (χ4n) is 4.05. The van der Waals surface area contributed by atoms with Crippen LogP contribution in [0.4, 0.5) is 15.9 Å². The third kappa shape index (κ3) is 3.30. The maximum absolute atomic E-state index is 14.0. The summed E-state index contributed by atoms with van der Waals surface area (Å²) in [6, 6.07) is 12.0. The van der Waals surface area contributed by atoms with E-state index < -0.39 is 17.3 Å². The number of pyridine rings is 1. The van der Waals surface area contributed by atoms with Gasteiger partial charge in [0, 0.05) is 12.7 Å². The maximum atomic E-state index is 14.0. The van der Waals surface area contributed by atoms with Crippen LogP contribution >= 0.6 is 0 Å². The molecule has 0 atom stereocenters. The zero-order chi connectivity index (χ0) is 20.7. The molecule has 152 valence electrons. The fraction of sp³-hybridized carbons (Fsp3) is 0.304. The van der Waals surface area contributed by atoms with Gasteiger partial charge in [0.25, 0.3) is 5.91 Å². The number of benzene rings is 1. The lowest BCUT2D eigenvalue weighted by Crippen LogP contribution is -2.36. The molecule has 0 bridgehead atoms. The number of halogens is 1. The molecule has 3 aromatic rings. The maximum Gasteiger partial charge on any atom is 0.255 e. The van der Waals surface area contributed by atoms with Crippen LogP contribution in [-0.4, -0.2) is 27.4 Å². The summed E-state index contributed by atoms with van der Waals surface area (Å²) < 4.78 is 14.0. The Labute approximate surface area is 174 Å². The van der Waals surface area contributed by atoms with E-state index in [1.807, 2.05) is 19.1 Å². The largest absolute Gasteiger partial charge is 0.341 e. The van der Waals surface area contributed by atoms with Crippen molar-refractivity contribution < 1.29 is 9.18 Å². The molecule has 0 spiro atoms. The predicted octanol–water partition coefficient (Wildman–Crippen LogP) is 3.82. The predicted molar refractivity (Wildman–Crippen MR) is 111 cm³/mol. The van der Waals surface area contributed by atoms with Crippen molar-refractivity contribution >= 4 is 17.4 Å². The van der Waals surface area contributed by atoms with Crippen LogP contribution in [0.3, 0.4) is 0 Å². The van der Waals surface area contributed by atoms with Gasteiger partial charge < -0.3 is 10.2 Å². The van der Waals surface area contributed by atoms with Crippen molar-refractivity contribution in [1.82, 2.24) is 20.3 Å². The molecular formula is C23H22FN5O. The number of anilines is 2. The number of aromatic nitrogens is 3. The van der Waals surface area contributed by atoms with Crippen LogP contribution in [-0.2, 0) is 12.0 Å². The van der Waals surface area contributed by atoms with Gasteiger partial charge in [-0.1, -0.05) is 12.1 Å². The third-order valence-electron chi connectivity index (χ3n) is 5.79. The van der Waals surface area contributed by atoms with Gasteiger partial charge in [0.05, 0.1) is 28.2 Å². The zero-order valence-corrected chi connectivity index (χ0v) is 16.7. The number of rotatable bonds is 4. The molecule has 0 unspecified atom stereocenters. The molecule has 5 rings (SSSR count). The average molecular weight is 403 g/mol. The first kappa shape index (κ1) is 18.7. The first-order valence-electron chi connectivity index (χ1n) is 10.2. The Kier molecular flexibility index (Phi) is 4.46. The molecule has 1 aliphatic heterocycles. The molecule has 1 N–H and O–H groups in total. The van der Waals surface area contributed by atoms with Crippen molar-refractivity contribution in [3.63, 3.8) is 0 Å². The van der Waals surface area contributed by atoms with Gasteiger partial charge in [-0.15, -0.1) is 0 Å². The van der Waals surface area contributed by atoms with Crippen molar-refractivity contribution in [2.45, 2.75) is 38.1 Å². The molecule has 0 saturated heterocycles. The fourth-order valence-corrected chi connectivity index (χ4v) is 4.05. The van der Waals surface area contributed by atoms with Crippen molar-refractivity contribution in [2.24, 2.45) is 0 Å². The Morgan fingerprint density at radius 2 is 1.97 bits per heavy atom. The minimum absolute atomic E-state index is 0.0621. The lowest BCUT2D eigenvalue weighted by molar-refractivity contribution is 0.0925. The van der Waals surface area contributed by atoms with Crippen LogP contribution < -0.4 is 10.2 Å². The molecule has 1 aromatic carbocycles. The first-order valence-corrected chi connectivity index (χ1v) is 10.2. The molecule has 2 aromatic heterocycles. The van der Waals surface area contributed by atoms with E-state index in [9.17, 15) is 9.18 Å². The zero-order valence-electron chi connectivity index (χ0n) is 16.7. The first-order chi connectivity index (χ1) is 14.6. The van der Waals surface area contributed by atoms with E-state index in [-0.39, 0.29) is 5.56 Å². The highest BCUT2D eigenvalue weighted by atomic mass is 19.1. The third-order valence-corrected chi connectivity index (χ3v) is 5.79. The molecule has 0 radical (unpaired) electrons. The molecule has 1 aliphatic carbocycles. The van der Waals surface area contributed by atoms with Crippen LogP contribution in [0.2, 0.25) is 0 Å². The minimum Gasteiger partial charge on any atom is -0.341 e. The average Bonchev–Trinajstić information content (AvgIpc) is 3.53. The van der Waals surface area contributed by atoms with Gasteiger partial charge in [-0.05, 0) is 62.9 Å². The van der Waals surface area contributed by atoms with Crippen molar-refractivity contribution in [3.8, 4) is 0 Å². The van der Waals surface area contributed by atoms with E-state index >= 15 is 0 Å². The molecule has 7 heteroatoms. The van der Waals surface area contributed by atoms with E-state index in [4.69, 9.17) is 4.98 Å². The number of hydrogen-bond donors (Lipinski definition) is 1. The number of nitrogens with zero attached hydrogens (tertiary/aromatic N) is 4. The quantitative estimate of drug-likeness (QED) is 0.717. The van der Waals surface area contributed by atoms with Crippen LogP contribution in [0.25, 0.3) is 0 Å². The lowest BCUT2D eigenvalue weighted by Gasteiger charge is -2.30. The SMILES string of the molecule is Cc1nccc(N2CCCc3nc(C4(NC(=O)c5ccccc5F)CC4)ccc32)n1. The second kappa shape index (κ2) is 7.16. The second-order valence-corrected chi connectivity index (χ2v) is 7.90. The summed E-state index contributed by atoms with van der Waals surface area (Å²) in [5.41, 5.74) is 2.43. The summed E-state index contributed by atoms with van der Waals surface area (Å²) in [6.07, 6.45) is 5.22. The smallest absolute Gasteiger partial charge is 0.255 e.